The van der Waals surface area contributed by atoms with E-state index >= 15 is 0 Å². The van der Waals surface area contributed by atoms with Gasteiger partial charge in [-0.2, -0.15) is 0 Å². The van der Waals surface area contributed by atoms with E-state index < -0.39 is 15.8 Å². The van der Waals surface area contributed by atoms with Crippen LogP contribution in [0.5, 0.6) is 0 Å². The first-order chi connectivity index (χ1) is 13.5. The number of esters is 1. The number of thiophene rings is 1. The first-order valence-electron chi connectivity index (χ1n) is 8.39. The van der Waals surface area contributed by atoms with Crippen molar-refractivity contribution in [1.82, 2.24) is 4.98 Å². The molecule has 10 nitrogen and oxygen atoms in total. The third-order valence-electron chi connectivity index (χ3n) is 3.51. The van der Waals surface area contributed by atoms with Crippen molar-refractivity contribution in [1.29, 1.82) is 0 Å². The van der Waals surface area contributed by atoms with Gasteiger partial charge in [-0.05, 0) is 37.5 Å². The Balaban J connectivity index is 1.55. The normalized spacial score (nSPS) is 10.7. The Morgan fingerprint density at radius 1 is 1.14 bits per heavy atom. The van der Waals surface area contributed by atoms with E-state index in [1.807, 2.05) is 0 Å². The Labute approximate surface area is 164 Å². The monoisotopic (exact) mass is 406 g/mol. The van der Waals surface area contributed by atoms with Gasteiger partial charge in [0.05, 0.1) is 16.5 Å². The summed E-state index contributed by atoms with van der Waals surface area (Å²) in [4.78, 5) is 36.3. The number of nitro groups is 2. The summed E-state index contributed by atoms with van der Waals surface area (Å²) < 4.78 is 5.07. The van der Waals surface area contributed by atoms with Gasteiger partial charge in [-0.25, -0.2) is 9.78 Å². The molecule has 1 N–H and O–H groups in total. The molecule has 0 aliphatic heterocycles. The number of unbranched alkanes of at least 4 members (excludes halogenated alkanes) is 2. The predicted octanol–water partition coefficient (Wildman–Crippen LogP) is 3.80. The number of hydrogen-bond donors (Lipinski definition) is 1. The third kappa shape index (κ3) is 7.11. The summed E-state index contributed by atoms with van der Waals surface area (Å²) in [5, 5.41) is 24.2. The van der Waals surface area contributed by atoms with Crippen LogP contribution < -0.4 is 5.32 Å². The van der Waals surface area contributed by atoms with Crippen LogP contribution in [-0.4, -0.2) is 34.0 Å². The minimum atomic E-state index is -0.502. The molecule has 2 rings (SSSR count). The van der Waals surface area contributed by atoms with Gasteiger partial charge in [-0.3, -0.25) is 20.2 Å². The number of nitrogens with zero attached hydrogens (tertiary/aromatic N) is 3. The van der Waals surface area contributed by atoms with Gasteiger partial charge in [0.2, 0.25) is 0 Å². The molecule has 0 aromatic carbocycles. The first kappa shape index (κ1) is 21.0. The Morgan fingerprint density at radius 2 is 1.96 bits per heavy atom. The minimum Gasteiger partial charge on any atom is -0.463 e. The van der Waals surface area contributed by atoms with Gasteiger partial charge < -0.3 is 10.1 Å². The number of carbonyl (C=O) groups excluding carboxylic acids is 1. The Kier molecular flexibility index (Phi) is 8.03. The lowest BCUT2D eigenvalue weighted by Crippen LogP contribution is -2.05. The topological polar surface area (TPSA) is 138 Å². The number of aromatic nitrogens is 1. The highest BCUT2D eigenvalue weighted by Crippen LogP contribution is 2.24. The Hall–Kier alpha value is -3.34. The fourth-order valence-corrected chi connectivity index (χ4v) is 2.84. The maximum absolute atomic E-state index is 11.6. The molecular formula is C17H18N4O6S. The average molecular weight is 406 g/mol. The second kappa shape index (κ2) is 10.7. The molecule has 0 fully saturated rings. The van der Waals surface area contributed by atoms with Gasteiger partial charge in [0, 0.05) is 29.6 Å². The summed E-state index contributed by atoms with van der Waals surface area (Å²) in [7, 11) is 0. The maximum Gasteiger partial charge on any atom is 0.330 e. The van der Waals surface area contributed by atoms with Crippen molar-refractivity contribution in [2.24, 2.45) is 0 Å². The van der Waals surface area contributed by atoms with Gasteiger partial charge in [0.25, 0.3) is 5.69 Å². The molecule has 2 aromatic heterocycles. The van der Waals surface area contributed by atoms with E-state index in [0.717, 1.165) is 24.2 Å². The maximum atomic E-state index is 11.6. The van der Waals surface area contributed by atoms with Gasteiger partial charge in [-0.15, -0.1) is 0 Å². The largest absolute Gasteiger partial charge is 0.463 e. The number of anilines is 1. The van der Waals surface area contributed by atoms with E-state index in [4.69, 9.17) is 4.74 Å². The first-order valence-corrected chi connectivity index (χ1v) is 9.21. The minimum absolute atomic E-state index is 0.0190. The molecule has 0 amide bonds. The second-order valence-corrected chi connectivity index (χ2v) is 6.67. The zero-order valence-corrected chi connectivity index (χ0v) is 15.6. The van der Waals surface area contributed by atoms with Crippen LogP contribution in [0, 0.1) is 20.2 Å². The van der Waals surface area contributed by atoms with E-state index in [-0.39, 0.29) is 17.3 Å². The van der Waals surface area contributed by atoms with Crippen LogP contribution in [0.4, 0.5) is 16.5 Å². The number of rotatable bonds is 11. The summed E-state index contributed by atoms with van der Waals surface area (Å²) in [6.07, 6.45) is 6.28. The van der Waals surface area contributed by atoms with Crippen molar-refractivity contribution >= 4 is 39.9 Å². The van der Waals surface area contributed by atoms with E-state index in [2.05, 4.69) is 10.3 Å². The van der Waals surface area contributed by atoms with Gasteiger partial charge in [-0.1, -0.05) is 11.3 Å². The molecule has 11 heteroatoms. The van der Waals surface area contributed by atoms with E-state index in [0.29, 0.717) is 23.7 Å². The summed E-state index contributed by atoms with van der Waals surface area (Å²) in [6, 6.07) is 5.89. The summed E-state index contributed by atoms with van der Waals surface area (Å²) >= 11 is 0.982. The van der Waals surface area contributed by atoms with E-state index in [1.54, 1.807) is 12.1 Å². The van der Waals surface area contributed by atoms with Gasteiger partial charge in [0.15, 0.2) is 0 Å². The van der Waals surface area contributed by atoms with Gasteiger partial charge in [0.1, 0.15) is 12.0 Å². The molecule has 0 atom stereocenters. The molecule has 148 valence electrons. The zero-order chi connectivity index (χ0) is 20.4. The molecule has 0 unspecified atom stereocenters. The highest BCUT2D eigenvalue weighted by atomic mass is 32.1. The van der Waals surface area contributed by atoms with Crippen molar-refractivity contribution in [3.63, 3.8) is 0 Å². The van der Waals surface area contributed by atoms with Crippen LogP contribution in [0.3, 0.4) is 0 Å². The van der Waals surface area contributed by atoms with Gasteiger partial charge >= 0.3 is 11.0 Å². The van der Waals surface area contributed by atoms with Crippen LogP contribution in [0.25, 0.3) is 6.08 Å². The lowest BCUT2D eigenvalue weighted by Gasteiger charge is -2.05. The molecule has 0 bridgehead atoms. The predicted molar refractivity (Wildman–Crippen MR) is 104 cm³/mol. The SMILES string of the molecule is O=C(/C=C/c1ccc([N+](=O)[O-])s1)OCCCCCNc1ccc([N+](=O)[O-])cn1. The number of ether oxygens (including phenoxy) is 1. The number of pyridine rings is 1. The van der Waals surface area contributed by atoms with Crippen LogP contribution in [-0.2, 0) is 9.53 Å². The smallest absolute Gasteiger partial charge is 0.330 e. The molecular weight excluding hydrogens is 388 g/mol. The average Bonchev–Trinajstić information content (AvgIpc) is 3.15. The molecule has 0 saturated carbocycles. The van der Waals surface area contributed by atoms with Crippen molar-refractivity contribution in [3.05, 3.63) is 61.6 Å². The molecule has 0 aliphatic carbocycles. The van der Waals surface area contributed by atoms with Crippen molar-refractivity contribution in [2.75, 3.05) is 18.5 Å². The Bertz CT molecular complexity index is 850. The van der Waals surface area contributed by atoms with E-state index in [1.165, 1.54) is 30.5 Å². The quantitative estimate of drug-likeness (QED) is 0.195. The number of carbonyl (C=O) groups is 1. The zero-order valence-electron chi connectivity index (χ0n) is 14.8. The molecule has 0 radical (unpaired) electrons. The van der Waals surface area contributed by atoms with E-state index in [9.17, 15) is 25.0 Å². The second-order valence-electron chi connectivity index (χ2n) is 5.58. The van der Waals surface area contributed by atoms with Crippen LogP contribution in [0.1, 0.15) is 24.1 Å². The Morgan fingerprint density at radius 3 is 2.61 bits per heavy atom. The molecule has 2 heterocycles. The van der Waals surface area contributed by atoms with Crippen LogP contribution in [0.15, 0.2) is 36.5 Å². The van der Waals surface area contributed by atoms with Crippen LogP contribution in [0.2, 0.25) is 0 Å². The highest BCUT2D eigenvalue weighted by molar-refractivity contribution is 7.16. The van der Waals surface area contributed by atoms with Crippen LogP contribution >= 0.6 is 11.3 Å². The fourth-order valence-electron chi connectivity index (χ4n) is 2.12. The molecule has 0 spiro atoms. The standard InChI is InChI=1S/C17H18N4O6S/c22-17(9-6-14-5-8-16(28-14)21(25)26)27-11-3-1-2-10-18-15-7-4-13(12-19-15)20(23)24/h4-9,12H,1-3,10-11H2,(H,18,19)/b9-6+. The summed E-state index contributed by atoms with van der Waals surface area (Å²) in [6.45, 7) is 0.930. The number of hydrogen-bond acceptors (Lipinski definition) is 9. The molecule has 0 saturated heterocycles. The third-order valence-corrected chi connectivity index (χ3v) is 4.51. The fraction of sp³-hybridized carbons (Fsp3) is 0.294. The summed E-state index contributed by atoms with van der Waals surface area (Å²) in [5.41, 5.74) is -0.0567. The van der Waals surface area contributed by atoms with Crippen molar-refractivity contribution in [3.8, 4) is 0 Å². The highest BCUT2D eigenvalue weighted by Gasteiger charge is 2.08. The lowest BCUT2D eigenvalue weighted by atomic mass is 10.2. The van der Waals surface area contributed by atoms with Crippen molar-refractivity contribution < 1.29 is 19.4 Å². The molecule has 2 aromatic rings. The molecule has 0 aliphatic rings. The number of nitrogens with one attached hydrogen (secondary N) is 1. The lowest BCUT2D eigenvalue weighted by molar-refractivity contribution is -0.385. The van der Waals surface area contributed by atoms with Crippen molar-refractivity contribution in [2.45, 2.75) is 19.3 Å². The molecule has 28 heavy (non-hydrogen) atoms. The summed E-state index contributed by atoms with van der Waals surface area (Å²) in [5.74, 6) is 0.0697.